The largest absolute Gasteiger partial charge is 0.271 e. The van der Waals surface area contributed by atoms with Gasteiger partial charge in [0.25, 0.3) is 0 Å². The van der Waals surface area contributed by atoms with Crippen molar-refractivity contribution in [3.8, 4) is 0 Å². The summed E-state index contributed by atoms with van der Waals surface area (Å²) in [6, 6.07) is 0.0477. The molecule has 0 saturated carbocycles. The summed E-state index contributed by atoms with van der Waals surface area (Å²) in [6.07, 6.45) is 2.50. The average Bonchev–Trinajstić information content (AvgIpc) is 2.85. The molecule has 7 heteroatoms. The molecule has 80 valence electrons. The van der Waals surface area contributed by atoms with Crippen LogP contribution in [0.1, 0.15) is 21.6 Å². The number of aromatic nitrogens is 3. The van der Waals surface area contributed by atoms with Crippen molar-refractivity contribution in [3.05, 3.63) is 27.2 Å². The zero-order valence-corrected chi connectivity index (χ0v) is 9.81. The van der Waals surface area contributed by atoms with E-state index in [1.165, 1.54) is 11.5 Å². The molecule has 0 amide bonds. The van der Waals surface area contributed by atoms with Crippen molar-refractivity contribution >= 4 is 22.9 Å². The Hall–Kier alpha value is -0.890. The summed E-state index contributed by atoms with van der Waals surface area (Å²) in [5.41, 5.74) is 3.81. The molecule has 15 heavy (non-hydrogen) atoms. The maximum Gasteiger partial charge on any atom is 0.0897 e. The molecule has 0 aliphatic heterocycles. The highest BCUT2D eigenvalue weighted by molar-refractivity contribution is 7.09. The molecule has 0 radical (unpaired) electrons. The fourth-order valence-electron chi connectivity index (χ4n) is 1.28. The van der Waals surface area contributed by atoms with Crippen LogP contribution in [0, 0.1) is 6.92 Å². The Kier molecular flexibility index (Phi) is 3.37. The minimum absolute atomic E-state index is 0.0477. The van der Waals surface area contributed by atoms with E-state index in [0.29, 0.717) is 0 Å². The van der Waals surface area contributed by atoms with Crippen LogP contribution in [-0.4, -0.2) is 14.6 Å². The van der Waals surface area contributed by atoms with Gasteiger partial charge in [-0.2, -0.15) is 0 Å². The van der Waals surface area contributed by atoms with Crippen LogP contribution in [-0.2, 0) is 6.42 Å². The van der Waals surface area contributed by atoms with E-state index < -0.39 is 0 Å². The van der Waals surface area contributed by atoms with Gasteiger partial charge in [0.15, 0.2) is 0 Å². The maximum atomic E-state index is 5.50. The summed E-state index contributed by atoms with van der Waals surface area (Å²) in [6.45, 7) is 1.99. The second-order valence-electron chi connectivity index (χ2n) is 3.10. The Labute approximate surface area is 95.5 Å². The number of nitrogens with two attached hydrogens (primary N) is 1. The lowest BCUT2D eigenvalue weighted by molar-refractivity contribution is 0.554. The van der Waals surface area contributed by atoms with E-state index in [4.69, 9.17) is 5.84 Å². The quantitative estimate of drug-likeness (QED) is 0.618. The van der Waals surface area contributed by atoms with Crippen LogP contribution in [0.3, 0.4) is 0 Å². The number of hydrogen-bond acceptors (Lipinski definition) is 7. The van der Waals surface area contributed by atoms with Crippen molar-refractivity contribution in [1.82, 2.24) is 20.0 Å². The van der Waals surface area contributed by atoms with Crippen molar-refractivity contribution in [3.63, 3.8) is 0 Å². The summed E-state index contributed by atoms with van der Waals surface area (Å²) in [5, 5.41) is 6.92. The second kappa shape index (κ2) is 4.75. The Balaban J connectivity index is 2.09. The van der Waals surface area contributed by atoms with Gasteiger partial charge in [-0.25, -0.2) is 4.98 Å². The summed E-state index contributed by atoms with van der Waals surface area (Å²) in [7, 11) is 0. The van der Waals surface area contributed by atoms with Gasteiger partial charge in [-0.3, -0.25) is 11.3 Å². The van der Waals surface area contributed by atoms with Gasteiger partial charge in [0.1, 0.15) is 0 Å². The number of rotatable bonds is 4. The average molecular weight is 241 g/mol. The van der Waals surface area contributed by atoms with E-state index >= 15 is 0 Å². The van der Waals surface area contributed by atoms with Gasteiger partial charge >= 0.3 is 0 Å². The number of nitrogens with zero attached hydrogens (tertiary/aromatic N) is 3. The Bertz CT molecular complexity index is 410. The van der Waals surface area contributed by atoms with Gasteiger partial charge in [0.2, 0.25) is 0 Å². The van der Waals surface area contributed by atoms with Crippen LogP contribution in [0.25, 0.3) is 0 Å². The highest BCUT2D eigenvalue weighted by Crippen LogP contribution is 2.20. The smallest absolute Gasteiger partial charge is 0.0897 e. The van der Waals surface area contributed by atoms with Crippen LogP contribution < -0.4 is 11.3 Å². The van der Waals surface area contributed by atoms with Crippen molar-refractivity contribution in [2.45, 2.75) is 19.4 Å². The monoisotopic (exact) mass is 241 g/mol. The summed E-state index contributed by atoms with van der Waals surface area (Å²) < 4.78 is 3.82. The normalized spacial score (nSPS) is 12.9. The second-order valence-corrected chi connectivity index (χ2v) is 4.98. The number of nitrogens with one attached hydrogen (secondary N) is 1. The van der Waals surface area contributed by atoms with Crippen LogP contribution in [0.2, 0.25) is 0 Å². The first-order chi connectivity index (χ1) is 7.29. The van der Waals surface area contributed by atoms with Gasteiger partial charge in [0, 0.05) is 11.8 Å². The molecule has 3 N–H and O–H groups in total. The highest BCUT2D eigenvalue weighted by atomic mass is 32.1. The molecule has 0 aliphatic carbocycles. The molecule has 2 rings (SSSR count). The summed E-state index contributed by atoms with van der Waals surface area (Å²) >= 11 is 3.00. The van der Waals surface area contributed by atoms with E-state index in [2.05, 4.69) is 20.0 Å². The number of hydrogen-bond donors (Lipinski definition) is 2. The third-order valence-electron chi connectivity index (χ3n) is 2.00. The molecular formula is C8H11N5S2. The Morgan fingerprint density at radius 1 is 1.60 bits per heavy atom. The van der Waals surface area contributed by atoms with E-state index in [1.807, 2.05) is 12.3 Å². The maximum absolute atomic E-state index is 5.50. The summed E-state index contributed by atoms with van der Waals surface area (Å²) in [5.74, 6) is 5.50. The molecule has 2 aromatic heterocycles. The standard InChI is InChI=1S/C8H11N5S2/c1-5-11-6(4-14-5)2-7(12-9)8-3-10-13-15-8/h3-4,7,12H,2,9H2,1H3. The molecule has 1 unspecified atom stereocenters. The zero-order valence-electron chi connectivity index (χ0n) is 8.17. The molecular weight excluding hydrogens is 230 g/mol. The van der Waals surface area contributed by atoms with Gasteiger partial charge < -0.3 is 0 Å². The van der Waals surface area contributed by atoms with Crippen molar-refractivity contribution in [2.24, 2.45) is 5.84 Å². The first-order valence-electron chi connectivity index (χ1n) is 4.44. The third-order valence-corrected chi connectivity index (χ3v) is 3.60. The SMILES string of the molecule is Cc1nc(CC(NN)c2cnns2)cs1. The fourth-order valence-corrected chi connectivity index (χ4v) is 2.47. The molecule has 2 heterocycles. The predicted octanol–water partition coefficient (Wildman–Crippen LogP) is 1.05. The van der Waals surface area contributed by atoms with Crippen molar-refractivity contribution < 1.29 is 0 Å². The number of thiazole rings is 1. The van der Waals surface area contributed by atoms with E-state index in [0.717, 1.165) is 22.0 Å². The molecule has 2 aromatic rings. The number of hydrazine groups is 1. The van der Waals surface area contributed by atoms with Crippen LogP contribution >= 0.6 is 22.9 Å². The fraction of sp³-hybridized carbons (Fsp3) is 0.375. The van der Waals surface area contributed by atoms with Crippen LogP contribution in [0.5, 0.6) is 0 Å². The van der Waals surface area contributed by atoms with Crippen LogP contribution in [0.15, 0.2) is 11.6 Å². The van der Waals surface area contributed by atoms with Gasteiger partial charge in [-0.15, -0.1) is 16.4 Å². The first-order valence-corrected chi connectivity index (χ1v) is 6.09. The molecule has 5 nitrogen and oxygen atoms in total. The lowest BCUT2D eigenvalue weighted by Gasteiger charge is -2.10. The molecule has 1 atom stereocenters. The Morgan fingerprint density at radius 2 is 2.47 bits per heavy atom. The minimum Gasteiger partial charge on any atom is -0.271 e. The highest BCUT2D eigenvalue weighted by Gasteiger charge is 2.14. The predicted molar refractivity (Wildman–Crippen MR) is 60.5 cm³/mol. The summed E-state index contributed by atoms with van der Waals surface area (Å²) in [4.78, 5) is 5.43. The van der Waals surface area contributed by atoms with E-state index in [1.54, 1.807) is 17.5 Å². The molecule has 0 saturated heterocycles. The van der Waals surface area contributed by atoms with Crippen LogP contribution in [0.4, 0.5) is 0 Å². The molecule has 0 aliphatic rings. The molecule has 0 aromatic carbocycles. The topological polar surface area (TPSA) is 76.7 Å². The molecule has 0 fully saturated rings. The van der Waals surface area contributed by atoms with Crippen molar-refractivity contribution in [2.75, 3.05) is 0 Å². The van der Waals surface area contributed by atoms with E-state index in [-0.39, 0.29) is 6.04 Å². The Morgan fingerprint density at radius 3 is 3.00 bits per heavy atom. The van der Waals surface area contributed by atoms with Gasteiger partial charge in [-0.1, -0.05) is 4.49 Å². The van der Waals surface area contributed by atoms with Gasteiger partial charge in [0.05, 0.1) is 27.8 Å². The first kappa shape index (κ1) is 10.6. The lowest BCUT2D eigenvalue weighted by Crippen LogP contribution is -2.29. The van der Waals surface area contributed by atoms with Gasteiger partial charge in [-0.05, 0) is 18.5 Å². The molecule has 0 bridgehead atoms. The molecule has 0 spiro atoms. The minimum atomic E-state index is 0.0477. The van der Waals surface area contributed by atoms with E-state index in [9.17, 15) is 0 Å². The number of aryl methyl sites for hydroxylation is 1. The third kappa shape index (κ3) is 2.57. The van der Waals surface area contributed by atoms with Crippen molar-refractivity contribution in [1.29, 1.82) is 0 Å². The zero-order chi connectivity index (χ0) is 10.7. The lowest BCUT2D eigenvalue weighted by atomic mass is 10.1.